The van der Waals surface area contributed by atoms with Crippen molar-refractivity contribution >= 4 is 46.2 Å². The number of esters is 1. The van der Waals surface area contributed by atoms with Crippen molar-refractivity contribution in [1.82, 2.24) is 0 Å². The average molecular weight is 324 g/mol. The molecule has 0 aliphatic carbocycles. The summed E-state index contributed by atoms with van der Waals surface area (Å²) in [5, 5.41) is 8.33. The van der Waals surface area contributed by atoms with E-state index in [-0.39, 0.29) is 27.0 Å². The number of benzene rings is 2. The average Bonchev–Trinajstić information content (AvgIpc) is 2.49. The zero-order chi connectivity index (χ0) is 15.4. The van der Waals surface area contributed by atoms with Crippen molar-refractivity contribution in [3.05, 3.63) is 52.0 Å². The first-order chi connectivity index (χ1) is 10.0. The third kappa shape index (κ3) is 3.32. The standard InChI is InChI=1S/C14H11Cl2N3O2/c1-21-14(20)11-12(17)9(15)7-10(16)13(11)19-18-8-5-3-2-4-6-8/h2-7H,17H2,1H3. The fourth-order valence-electron chi connectivity index (χ4n) is 1.63. The van der Waals surface area contributed by atoms with E-state index in [1.54, 1.807) is 12.1 Å². The lowest BCUT2D eigenvalue weighted by atomic mass is 10.1. The maximum absolute atomic E-state index is 11.8. The highest BCUT2D eigenvalue weighted by molar-refractivity contribution is 6.39. The number of hydrogen-bond acceptors (Lipinski definition) is 5. The van der Waals surface area contributed by atoms with Crippen LogP contribution in [0.4, 0.5) is 17.1 Å². The number of nitrogens with zero attached hydrogens (tertiary/aromatic N) is 2. The molecule has 0 spiro atoms. The number of rotatable bonds is 3. The van der Waals surface area contributed by atoms with Gasteiger partial charge in [0, 0.05) is 0 Å². The Morgan fingerprint density at radius 3 is 2.43 bits per heavy atom. The van der Waals surface area contributed by atoms with Crippen molar-refractivity contribution in [3.8, 4) is 0 Å². The minimum absolute atomic E-state index is 0.00492. The Morgan fingerprint density at radius 2 is 1.81 bits per heavy atom. The van der Waals surface area contributed by atoms with Crippen LogP contribution >= 0.6 is 23.2 Å². The highest BCUT2D eigenvalue weighted by atomic mass is 35.5. The molecule has 0 amide bonds. The summed E-state index contributed by atoms with van der Waals surface area (Å²) in [5.74, 6) is -0.682. The van der Waals surface area contributed by atoms with Crippen molar-refractivity contribution in [1.29, 1.82) is 0 Å². The number of nitrogens with two attached hydrogens (primary N) is 1. The number of anilines is 1. The molecule has 0 aliphatic rings. The molecule has 0 saturated carbocycles. The summed E-state index contributed by atoms with van der Waals surface area (Å²) in [7, 11) is 1.23. The third-order valence-corrected chi connectivity index (χ3v) is 3.26. The van der Waals surface area contributed by atoms with Crippen LogP contribution in [-0.4, -0.2) is 13.1 Å². The fraction of sp³-hybridized carbons (Fsp3) is 0.0714. The minimum atomic E-state index is -0.682. The van der Waals surface area contributed by atoms with Gasteiger partial charge in [0.15, 0.2) is 0 Å². The predicted octanol–water partition coefficient (Wildman–Crippen LogP) is 4.78. The van der Waals surface area contributed by atoms with E-state index in [1.165, 1.54) is 13.2 Å². The second-order valence-electron chi connectivity index (χ2n) is 4.00. The molecule has 0 radical (unpaired) electrons. The molecule has 0 heterocycles. The quantitative estimate of drug-likeness (QED) is 0.501. The van der Waals surface area contributed by atoms with Crippen LogP contribution in [0, 0.1) is 0 Å². The summed E-state index contributed by atoms with van der Waals surface area (Å²) in [5.41, 5.74) is 6.58. The van der Waals surface area contributed by atoms with Crippen molar-refractivity contribution < 1.29 is 9.53 Å². The number of ether oxygens (including phenoxy) is 1. The van der Waals surface area contributed by atoms with Gasteiger partial charge in [0.25, 0.3) is 0 Å². The molecule has 21 heavy (non-hydrogen) atoms. The topological polar surface area (TPSA) is 77.0 Å². The minimum Gasteiger partial charge on any atom is -0.465 e. The molecule has 0 aromatic heterocycles. The Hall–Kier alpha value is -2.11. The number of methoxy groups -OCH3 is 1. The second-order valence-corrected chi connectivity index (χ2v) is 4.82. The molecule has 7 heteroatoms. The second kappa shape index (κ2) is 6.56. The van der Waals surface area contributed by atoms with Gasteiger partial charge in [0.2, 0.25) is 0 Å². The number of azo groups is 1. The molecular formula is C14H11Cl2N3O2. The van der Waals surface area contributed by atoms with E-state index in [4.69, 9.17) is 28.9 Å². The molecule has 2 N–H and O–H groups in total. The SMILES string of the molecule is COC(=O)c1c(N)c(Cl)cc(Cl)c1N=Nc1ccccc1. The molecule has 108 valence electrons. The van der Waals surface area contributed by atoms with E-state index in [9.17, 15) is 4.79 Å². The molecule has 0 bridgehead atoms. The molecule has 0 unspecified atom stereocenters. The maximum atomic E-state index is 11.8. The zero-order valence-electron chi connectivity index (χ0n) is 11.0. The van der Waals surface area contributed by atoms with Crippen LogP contribution in [0.2, 0.25) is 10.0 Å². The lowest BCUT2D eigenvalue weighted by Crippen LogP contribution is -2.06. The molecule has 0 aliphatic heterocycles. The predicted molar refractivity (Wildman–Crippen MR) is 82.8 cm³/mol. The Bertz CT molecular complexity index is 703. The van der Waals surface area contributed by atoms with Crippen LogP contribution in [0.3, 0.4) is 0 Å². The summed E-state index contributed by atoms with van der Waals surface area (Å²) in [6, 6.07) is 10.4. The van der Waals surface area contributed by atoms with E-state index in [0.717, 1.165) is 0 Å². The summed E-state index contributed by atoms with van der Waals surface area (Å²) in [4.78, 5) is 11.8. The van der Waals surface area contributed by atoms with Gasteiger partial charge < -0.3 is 10.5 Å². The van der Waals surface area contributed by atoms with Gasteiger partial charge in [0.1, 0.15) is 11.3 Å². The summed E-state index contributed by atoms with van der Waals surface area (Å²) in [6.45, 7) is 0. The number of carbonyl (C=O) groups excluding carboxylic acids is 1. The highest BCUT2D eigenvalue weighted by Gasteiger charge is 2.21. The Labute approximate surface area is 131 Å². The maximum Gasteiger partial charge on any atom is 0.342 e. The summed E-state index contributed by atoms with van der Waals surface area (Å²) < 4.78 is 4.68. The van der Waals surface area contributed by atoms with Crippen LogP contribution in [0.15, 0.2) is 46.6 Å². The van der Waals surface area contributed by atoms with Crippen molar-refractivity contribution in [2.45, 2.75) is 0 Å². The van der Waals surface area contributed by atoms with Gasteiger partial charge in [-0.25, -0.2) is 4.79 Å². The van der Waals surface area contributed by atoms with Crippen molar-refractivity contribution in [2.75, 3.05) is 12.8 Å². The van der Waals surface area contributed by atoms with E-state index in [0.29, 0.717) is 5.69 Å². The molecule has 5 nitrogen and oxygen atoms in total. The first-order valence-corrected chi connectivity index (χ1v) is 6.62. The highest BCUT2D eigenvalue weighted by Crippen LogP contribution is 2.39. The van der Waals surface area contributed by atoms with Crippen LogP contribution in [-0.2, 0) is 4.74 Å². The van der Waals surface area contributed by atoms with E-state index in [1.807, 2.05) is 18.2 Å². The number of hydrogen-bond donors (Lipinski definition) is 1. The molecule has 2 aromatic rings. The van der Waals surface area contributed by atoms with E-state index < -0.39 is 5.97 Å². The van der Waals surface area contributed by atoms with Gasteiger partial charge in [-0.15, -0.1) is 5.11 Å². The normalized spacial score (nSPS) is 10.8. The largest absolute Gasteiger partial charge is 0.465 e. The Kier molecular flexibility index (Phi) is 4.77. The molecule has 2 aromatic carbocycles. The molecule has 2 rings (SSSR count). The van der Waals surface area contributed by atoms with Gasteiger partial charge >= 0.3 is 5.97 Å². The van der Waals surface area contributed by atoms with Crippen molar-refractivity contribution in [2.24, 2.45) is 10.2 Å². The smallest absolute Gasteiger partial charge is 0.342 e. The molecule has 0 fully saturated rings. The van der Waals surface area contributed by atoms with Gasteiger partial charge in [-0.2, -0.15) is 5.11 Å². The lowest BCUT2D eigenvalue weighted by Gasteiger charge is -2.10. The molecule has 0 saturated heterocycles. The van der Waals surface area contributed by atoms with Crippen LogP contribution in [0.5, 0.6) is 0 Å². The third-order valence-electron chi connectivity index (χ3n) is 2.65. The van der Waals surface area contributed by atoms with E-state index >= 15 is 0 Å². The number of nitrogen functional groups attached to an aromatic ring is 1. The van der Waals surface area contributed by atoms with Crippen LogP contribution in [0.1, 0.15) is 10.4 Å². The number of halogens is 2. The summed E-state index contributed by atoms with van der Waals surface area (Å²) in [6.07, 6.45) is 0. The monoisotopic (exact) mass is 323 g/mol. The lowest BCUT2D eigenvalue weighted by molar-refractivity contribution is 0.0603. The Morgan fingerprint density at radius 1 is 1.14 bits per heavy atom. The number of carbonyl (C=O) groups is 1. The van der Waals surface area contributed by atoms with Gasteiger partial charge in [-0.3, -0.25) is 0 Å². The van der Waals surface area contributed by atoms with Gasteiger partial charge in [-0.1, -0.05) is 41.4 Å². The first kappa shape index (κ1) is 15.3. The molecular weight excluding hydrogens is 313 g/mol. The van der Waals surface area contributed by atoms with Gasteiger partial charge in [-0.05, 0) is 18.2 Å². The van der Waals surface area contributed by atoms with Crippen molar-refractivity contribution in [3.63, 3.8) is 0 Å². The van der Waals surface area contributed by atoms with E-state index in [2.05, 4.69) is 15.0 Å². The molecule has 0 atom stereocenters. The Balaban J connectivity index is 2.55. The first-order valence-electron chi connectivity index (χ1n) is 5.87. The van der Waals surface area contributed by atoms with Crippen LogP contribution in [0.25, 0.3) is 0 Å². The van der Waals surface area contributed by atoms with Gasteiger partial charge in [0.05, 0.1) is 28.5 Å². The fourth-order valence-corrected chi connectivity index (χ4v) is 2.13. The van der Waals surface area contributed by atoms with Crippen LogP contribution < -0.4 is 5.73 Å². The summed E-state index contributed by atoms with van der Waals surface area (Å²) >= 11 is 12.0. The zero-order valence-corrected chi connectivity index (χ0v) is 12.5.